The lowest BCUT2D eigenvalue weighted by atomic mass is 9.86. The van der Waals surface area contributed by atoms with Gasteiger partial charge in [-0.05, 0) is 24.4 Å². The summed E-state index contributed by atoms with van der Waals surface area (Å²) in [4.78, 5) is 0. The normalized spacial score (nSPS) is 13.2. The van der Waals surface area contributed by atoms with Crippen molar-refractivity contribution in [3.05, 3.63) is 17.5 Å². The van der Waals surface area contributed by atoms with Gasteiger partial charge in [-0.15, -0.1) is 0 Å². The SMILES string of the molecule is Cn1nc(C(C)(C)C)cc1CC(C)(C)CN. The van der Waals surface area contributed by atoms with Crippen molar-refractivity contribution in [1.29, 1.82) is 0 Å². The van der Waals surface area contributed by atoms with Crippen molar-refractivity contribution in [3.8, 4) is 0 Å². The summed E-state index contributed by atoms with van der Waals surface area (Å²) in [6.07, 6.45) is 0.975. The molecule has 3 heteroatoms. The molecular formula is C13H25N3. The molecule has 0 saturated carbocycles. The summed E-state index contributed by atoms with van der Waals surface area (Å²) in [5.74, 6) is 0. The summed E-state index contributed by atoms with van der Waals surface area (Å²) in [5.41, 5.74) is 8.44. The Morgan fingerprint density at radius 2 is 1.81 bits per heavy atom. The molecule has 0 aliphatic heterocycles. The van der Waals surface area contributed by atoms with Crippen LogP contribution in [0.5, 0.6) is 0 Å². The Balaban J connectivity index is 2.95. The smallest absolute Gasteiger partial charge is 0.0680 e. The Labute approximate surface area is 99.0 Å². The molecule has 2 N–H and O–H groups in total. The monoisotopic (exact) mass is 223 g/mol. The summed E-state index contributed by atoms with van der Waals surface area (Å²) in [7, 11) is 2.01. The van der Waals surface area contributed by atoms with Crippen LogP contribution in [0, 0.1) is 5.41 Å². The van der Waals surface area contributed by atoms with E-state index in [4.69, 9.17) is 5.73 Å². The van der Waals surface area contributed by atoms with Gasteiger partial charge in [0.15, 0.2) is 0 Å². The fourth-order valence-electron chi connectivity index (χ4n) is 1.60. The van der Waals surface area contributed by atoms with Gasteiger partial charge in [-0.1, -0.05) is 34.6 Å². The van der Waals surface area contributed by atoms with Crippen molar-refractivity contribution in [2.24, 2.45) is 18.2 Å². The van der Waals surface area contributed by atoms with Gasteiger partial charge in [0.1, 0.15) is 0 Å². The molecule has 0 bridgehead atoms. The van der Waals surface area contributed by atoms with E-state index in [0.717, 1.165) is 12.1 Å². The van der Waals surface area contributed by atoms with Crippen molar-refractivity contribution in [2.45, 2.75) is 46.5 Å². The van der Waals surface area contributed by atoms with Gasteiger partial charge in [0, 0.05) is 18.2 Å². The van der Waals surface area contributed by atoms with Crippen LogP contribution in [0.4, 0.5) is 0 Å². The van der Waals surface area contributed by atoms with Gasteiger partial charge < -0.3 is 5.73 Å². The minimum Gasteiger partial charge on any atom is -0.330 e. The first kappa shape index (κ1) is 13.2. The summed E-state index contributed by atoms with van der Waals surface area (Å²) in [5, 5.41) is 4.58. The van der Waals surface area contributed by atoms with E-state index in [9.17, 15) is 0 Å². The number of aromatic nitrogens is 2. The lowest BCUT2D eigenvalue weighted by molar-refractivity contribution is 0.366. The van der Waals surface area contributed by atoms with Crippen LogP contribution in [0.3, 0.4) is 0 Å². The van der Waals surface area contributed by atoms with Crippen molar-refractivity contribution in [2.75, 3.05) is 6.54 Å². The van der Waals surface area contributed by atoms with E-state index < -0.39 is 0 Å². The Morgan fingerprint density at radius 3 is 2.19 bits per heavy atom. The molecule has 0 radical (unpaired) electrons. The Kier molecular flexibility index (Phi) is 3.48. The molecule has 0 saturated heterocycles. The molecule has 1 aromatic rings. The number of aryl methyl sites for hydroxylation is 1. The van der Waals surface area contributed by atoms with Gasteiger partial charge in [-0.3, -0.25) is 4.68 Å². The molecule has 0 aliphatic rings. The Hall–Kier alpha value is -0.830. The maximum Gasteiger partial charge on any atom is 0.0680 e. The zero-order chi connectivity index (χ0) is 12.6. The van der Waals surface area contributed by atoms with E-state index in [1.54, 1.807) is 0 Å². The second-order valence-electron chi connectivity index (χ2n) is 6.44. The van der Waals surface area contributed by atoms with E-state index in [1.807, 2.05) is 11.7 Å². The molecule has 0 amide bonds. The zero-order valence-electron chi connectivity index (χ0n) is 11.5. The van der Waals surface area contributed by atoms with Crippen LogP contribution in [-0.2, 0) is 18.9 Å². The van der Waals surface area contributed by atoms with Crippen LogP contribution in [0.15, 0.2) is 6.07 Å². The second kappa shape index (κ2) is 4.21. The second-order valence-corrected chi connectivity index (χ2v) is 6.44. The standard InChI is InChI=1S/C13H25N3/c1-12(2,3)11-7-10(16(6)15-11)8-13(4,5)9-14/h7H,8-9,14H2,1-6H3. The van der Waals surface area contributed by atoms with Gasteiger partial charge in [0.25, 0.3) is 0 Å². The number of nitrogens with zero attached hydrogens (tertiary/aromatic N) is 2. The minimum absolute atomic E-state index is 0.114. The number of hydrogen-bond acceptors (Lipinski definition) is 2. The topological polar surface area (TPSA) is 43.8 Å². The Bertz CT molecular complexity index is 356. The van der Waals surface area contributed by atoms with Gasteiger partial charge in [-0.2, -0.15) is 5.10 Å². The number of hydrogen-bond donors (Lipinski definition) is 1. The predicted octanol–water partition coefficient (Wildman–Crippen LogP) is 2.25. The van der Waals surface area contributed by atoms with E-state index in [-0.39, 0.29) is 10.8 Å². The van der Waals surface area contributed by atoms with Crippen molar-refractivity contribution >= 4 is 0 Å². The van der Waals surface area contributed by atoms with E-state index in [2.05, 4.69) is 45.8 Å². The van der Waals surface area contributed by atoms with Crippen LogP contribution in [0.25, 0.3) is 0 Å². The summed E-state index contributed by atoms with van der Waals surface area (Å²) < 4.78 is 1.98. The van der Waals surface area contributed by atoms with E-state index in [1.165, 1.54) is 5.69 Å². The average molecular weight is 223 g/mol. The fourth-order valence-corrected chi connectivity index (χ4v) is 1.60. The highest BCUT2D eigenvalue weighted by atomic mass is 15.3. The quantitative estimate of drug-likeness (QED) is 0.854. The molecule has 16 heavy (non-hydrogen) atoms. The van der Waals surface area contributed by atoms with Crippen molar-refractivity contribution in [1.82, 2.24) is 9.78 Å². The molecule has 0 spiro atoms. The van der Waals surface area contributed by atoms with Gasteiger partial charge in [-0.25, -0.2) is 0 Å². The first-order valence-corrected chi connectivity index (χ1v) is 5.89. The van der Waals surface area contributed by atoms with E-state index in [0.29, 0.717) is 6.54 Å². The molecule has 0 fully saturated rings. The van der Waals surface area contributed by atoms with Crippen LogP contribution >= 0.6 is 0 Å². The third-order valence-electron chi connectivity index (χ3n) is 2.96. The molecular weight excluding hydrogens is 198 g/mol. The Morgan fingerprint density at radius 1 is 1.25 bits per heavy atom. The lowest BCUT2D eigenvalue weighted by Crippen LogP contribution is -2.26. The number of rotatable bonds is 3. The van der Waals surface area contributed by atoms with Gasteiger partial charge in [0.2, 0.25) is 0 Å². The minimum atomic E-state index is 0.114. The molecule has 0 aliphatic carbocycles. The average Bonchev–Trinajstić information content (AvgIpc) is 2.47. The zero-order valence-corrected chi connectivity index (χ0v) is 11.5. The van der Waals surface area contributed by atoms with Crippen LogP contribution in [0.1, 0.15) is 46.0 Å². The number of nitrogens with two attached hydrogens (primary N) is 1. The van der Waals surface area contributed by atoms with Crippen molar-refractivity contribution in [3.63, 3.8) is 0 Å². The summed E-state index contributed by atoms with van der Waals surface area (Å²) >= 11 is 0. The maximum absolute atomic E-state index is 5.77. The van der Waals surface area contributed by atoms with E-state index >= 15 is 0 Å². The third kappa shape index (κ3) is 3.08. The molecule has 1 aromatic heterocycles. The van der Waals surface area contributed by atoms with Crippen molar-refractivity contribution < 1.29 is 0 Å². The molecule has 1 rings (SSSR count). The van der Waals surface area contributed by atoms with Crippen LogP contribution < -0.4 is 5.73 Å². The summed E-state index contributed by atoms with van der Waals surface area (Å²) in [6.45, 7) is 11.6. The maximum atomic E-state index is 5.77. The third-order valence-corrected chi connectivity index (χ3v) is 2.96. The molecule has 0 atom stereocenters. The molecule has 3 nitrogen and oxygen atoms in total. The fraction of sp³-hybridized carbons (Fsp3) is 0.769. The summed E-state index contributed by atoms with van der Waals surface area (Å²) in [6, 6.07) is 2.21. The molecule has 92 valence electrons. The lowest BCUT2D eigenvalue weighted by Gasteiger charge is -2.21. The first-order chi connectivity index (χ1) is 7.15. The molecule has 0 unspecified atom stereocenters. The first-order valence-electron chi connectivity index (χ1n) is 5.89. The highest BCUT2D eigenvalue weighted by molar-refractivity contribution is 5.18. The molecule has 0 aromatic carbocycles. The largest absolute Gasteiger partial charge is 0.330 e. The van der Waals surface area contributed by atoms with Gasteiger partial charge in [0.05, 0.1) is 5.69 Å². The highest BCUT2D eigenvalue weighted by Gasteiger charge is 2.22. The predicted molar refractivity (Wildman–Crippen MR) is 68.4 cm³/mol. The highest BCUT2D eigenvalue weighted by Crippen LogP contribution is 2.25. The van der Waals surface area contributed by atoms with Crippen LogP contribution in [-0.4, -0.2) is 16.3 Å². The van der Waals surface area contributed by atoms with Gasteiger partial charge >= 0.3 is 0 Å². The molecule has 1 heterocycles. The van der Waals surface area contributed by atoms with Crippen LogP contribution in [0.2, 0.25) is 0 Å².